The average Bonchev–Trinajstić information content (AvgIpc) is 2.29. The largest absolute Gasteiger partial charge is 0.508 e. The summed E-state index contributed by atoms with van der Waals surface area (Å²) >= 11 is 0. The number of aryl methyl sites for hydroxylation is 1. The molecule has 0 atom stereocenters. The van der Waals surface area contributed by atoms with Gasteiger partial charge in [0, 0.05) is 24.5 Å². The van der Waals surface area contributed by atoms with Gasteiger partial charge in [-0.3, -0.25) is 0 Å². The molecule has 0 fully saturated rings. The Balaban J connectivity index is 2.39. The van der Waals surface area contributed by atoms with Gasteiger partial charge in [-0.2, -0.15) is 0 Å². The van der Waals surface area contributed by atoms with Crippen LogP contribution in [0.5, 0.6) is 5.75 Å². The van der Waals surface area contributed by atoms with Gasteiger partial charge in [-0.25, -0.2) is 0 Å². The molecule has 0 radical (unpaired) electrons. The third-order valence-corrected chi connectivity index (χ3v) is 2.69. The first-order valence-corrected chi connectivity index (χ1v) is 5.27. The van der Waals surface area contributed by atoms with Crippen LogP contribution in [0.4, 0.5) is 11.4 Å². The molecule has 0 unspecified atom stereocenters. The third kappa shape index (κ3) is 2.01. The van der Waals surface area contributed by atoms with E-state index in [1.54, 1.807) is 12.1 Å². The highest BCUT2D eigenvalue weighted by atomic mass is 16.3. The normalized spacial score (nSPS) is 10.1. The van der Waals surface area contributed by atoms with E-state index in [4.69, 9.17) is 0 Å². The van der Waals surface area contributed by atoms with Gasteiger partial charge in [0.15, 0.2) is 0 Å². The number of phenolic OH excluding ortho intramolecular Hbond substituents is 1. The Labute approximate surface area is 95.8 Å². The lowest BCUT2D eigenvalue weighted by Gasteiger charge is -2.21. The Bertz CT molecular complexity index is 494. The Morgan fingerprint density at radius 2 is 1.75 bits per heavy atom. The van der Waals surface area contributed by atoms with Crippen LogP contribution < -0.4 is 4.90 Å². The van der Waals surface area contributed by atoms with Crippen molar-refractivity contribution in [1.82, 2.24) is 0 Å². The van der Waals surface area contributed by atoms with Crippen LogP contribution in [0.1, 0.15) is 5.56 Å². The number of para-hydroxylation sites is 1. The van der Waals surface area contributed by atoms with Crippen molar-refractivity contribution in [3.63, 3.8) is 0 Å². The van der Waals surface area contributed by atoms with Gasteiger partial charge in [0.05, 0.1) is 0 Å². The zero-order valence-electron chi connectivity index (χ0n) is 9.51. The topological polar surface area (TPSA) is 23.5 Å². The van der Waals surface area contributed by atoms with E-state index in [0.29, 0.717) is 0 Å². The Kier molecular flexibility index (Phi) is 2.82. The maximum atomic E-state index is 9.45. The smallest absolute Gasteiger partial charge is 0.117 e. The van der Waals surface area contributed by atoms with Crippen molar-refractivity contribution < 1.29 is 5.11 Å². The van der Waals surface area contributed by atoms with E-state index in [-0.39, 0.29) is 5.75 Å². The summed E-state index contributed by atoms with van der Waals surface area (Å²) in [5.41, 5.74) is 3.34. The minimum Gasteiger partial charge on any atom is -0.508 e. The number of phenols is 1. The second kappa shape index (κ2) is 4.27. The fourth-order valence-electron chi connectivity index (χ4n) is 1.78. The number of aromatic hydroxyl groups is 1. The summed E-state index contributed by atoms with van der Waals surface area (Å²) in [7, 11) is 2.00. The van der Waals surface area contributed by atoms with Gasteiger partial charge in [-0.15, -0.1) is 0 Å². The monoisotopic (exact) mass is 213 g/mol. The molecule has 0 heterocycles. The van der Waals surface area contributed by atoms with E-state index in [1.807, 2.05) is 31.3 Å². The molecule has 2 aromatic rings. The predicted octanol–water partition coefficient (Wildman–Crippen LogP) is 3.47. The minimum atomic E-state index is 0.290. The molecule has 0 bridgehead atoms. The first-order chi connectivity index (χ1) is 7.68. The fourth-order valence-corrected chi connectivity index (χ4v) is 1.78. The van der Waals surface area contributed by atoms with Gasteiger partial charge in [-0.1, -0.05) is 24.3 Å². The predicted molar refractivity (Wildman–Crippen MR) is 67.3 cm³/mol. The van der Waals surface area contributed by atoms with Crippen molar-refractivity contribution in [2.45, 2.75) is 6.92 Å². The lowest BCUT2D eigenvalue weighted by Crippen LogP contribution is -2.10. The summed E-state index contributed by atoms with van der Waals surface area (Å²) in [5.74, 6) is 0.290. The average molecular weight is 213 g/mol. The molecule has 0 saturated carbocycles. The van der Waals surface area contributed by atoms with Crippen molar-refractivity contribution in [3.8, 4) is 5.75 Å². The maximum Gasteiger partial charge on any atom is 0.117 e. The number of nitrogens with zero attached hydrogens (tertiary/aromatic N) is 1. The molecule has 0 aliphatic rings. The molecular weight excluding hydrogens is 198 g/mol. The maximum absolute atomic E-state index is 9.45. The van der Waals surface area contributed by atoms with Gasteiger partial charge >= 0.3 is 0 Å². The summed E-state index contributed by atoms with van der Waals surface area (Å²) in [6, 6.07) is 15.4. The molecule has 2 nitrogen and oxygen atoms in total. The van der Waals surface area contributed by atoms with Crippen LogP contribution in [-0.2, 0) is 0 Å². The quantitative estimate of drug-likeness (QED) is 0.825. The highest BCUT2D eigenvalue weighted by Crippen LogP contribution is 2.28. The molecule has 0 aliphatic carbocycles. The van der Waals surface area contributed by atoms with Crippen molar-refractivity contribution in [2.75, 3.05) is 11.9 Å². The van der Waals surface area contributed by atoms with Crippen molar-refractivity contribution >= 4 is 11.4 Å². The van der Waals surface area contributed by atoms with Gasteiger partial charge in [-0.05, 0) is 30.7 Å². The van der Waals surface area contributed by atoms with E-state index in [1.165, 1.54) is 5.56 Å². The van der Waals surface area contributed by atoms with Gasteiger partial charge in [0.25, 0.3) is 0 Å². The molecule has 16 heavy (non-hydrogen) atoms. The first-order valence-electron chi connectivity index (χ1n) is 5.27. The van der Waals surface area contributed by atoms with Crippen LogP contribution in [0.3, 0.4) is 0 Å². The van der Waals surface area contributed by atoms with E-state index in [2.05, 4.69) is 24.0 Å². The van der Waals surface area contributed by atoms with Crippen LogP contribution in [0, 0.1) is 6.92 Å². The lowest BCUT2D eigenvalue weighted by atomic mass is 10.1. The van der Waals surface area contributed by atoms with Crippen molar-refractivity contribution in [1.29, 1.82) is 0 Å². The first kappa shape index (κ1) is 10.6. The molecule has 0 amide bonds. The Morgan fingerprint density at radius 1 is 1.00 bits per heavy atom. The minimum absolute atomic E-state index is 0.290. The molecule has 2 heteroatoms. The third-order valence-electron chi connectivity index (χ3n) is 2.69. The Hall–Kier alpha value is -1.96. The molecule has 0 spiro atoms. The van der Waals surface area contributed by atoms with Gasteiger partial charge in [0.2, 0.25) is 0 Å². The van der Waals surface area contributed by atoms with Crippen LogP contribution >= 0.6 is 0 Å². The standard InChI is InChI=1S/C14H15NO/c1-11-6-3-4-9-14(11)15(2)12-7-5-8-13(16)10-12/h3-10,16H,1-2H3. The van der Waals surface area contributed by atoms with Gasteiger partial charge in [0.1, 0.15) is 5.75 Å². The van der Waals surface area contributed by atoms with Crippen molar-refractivity contribution in [3.05, 3.63) is 54.1 Å². The molecular formula is C14H15NO. The second-order valence-corrected chi connectivity index (χ2v) is 3.87. The van der Waals surface area contributed by atoms with E-state index in [9.17, 15) is 5.11 Å². The SMILES string of the molecule is Cc1ccccc1N(C)c1cccc(O)c1. The summed E-state index contributed by atoms with van der Waals surface area (Å²) in [4.78, 5) is 2.06. The summed E-state index contributed by atoms with van der Waals surface area (Å²) in [5, 5.41) is 9.45. The Morgan fingerprint density at radius 3 is 2.44 bits per heavy atom. The highest BCUT2D eigenvalue weighted by Gasteiger charge is 2.06. The summed E-state index contributed by atoms with van der Waals surface area (Å²) < 4.78 is 0. The molecule has 2 aromatic carbocycles. The number of rotatable bonds is 2. The molecule has 0 saturated heterocycles. The van der Waals surface area contributed by atoms with Crippen LogP contribution in [0.15, 0.2) is 48.5 Å². The van der Waals surface area contributed by atoms with Gasteiger partial charge < -0.3 is 10.0 Å². The second-order valence-electron chi connectivity index (χ2n) is 3.87. The lowest BCUT2D eigenvalue weighted by molar-refractivity contribution is 0.475. The molecule has 0 aromatic heterocycles. The van der Waals surface area contributed by atoms with Crippen molar-refractivity contribution in [2.24, 2.45) is 0 Å². The molecule has 82 valence electrons. The van der Waals surface area contributed by atoms with Crippen LogP contribution in [0.25, 0.3) is 0 Å². The van der Waals surface area contributed by atoms with E-state index >= 15 is 0 Å². The fraction of sp³-hybridized carbons (Fsp3) is 0.143. The molecule has 0 aliphatic heterocycles. The number of benzene rings is 2. The van der Waals surface area contributed by atoms with Crippen LogP contribution in [0.2, 0.25) is 0 Å². The molecule has 2 rings (SSSR count). The number of anilines is 2. The van der Waals surface area contributed by atoms with E-state index in [0.717, 1.165) is 11.4 Å². The van der Waals surface area contributed by atoms with Crippen LogP contribution in [-0.4, -0.2) is 12.2 Å². The zero-order chi connectivity index (χ0) is 11.5. The summed E-state index contributed by atoms with van der Waals surface area (Å²) in [6.07, 6.45) is 0. The molecule has 1 N–H and O–H groups in total. The summed E-state index contributed by atoms with van der Waals surface area (Å²) in [6.45, 7) is 2.08. The number of hydrogen-bond donors (Lipinski definition) is 1. The zero-order valence-corrected chi connectivity index (χ0v) is 9.51. The van der Waals surface area contributed by atoms with E-state index < -0.39 is 0 Å². The number of hydrogen-bond acceptors (Lipinski definition) is 2. The highest BCUT2D eigenvalue weighted by molar-refractivity contribution is 5.66.